The lowest BCUT2D eigenvalue weighted by Crippen LogP contribution is -2.52. The van der Waals surface area contributed by atoms with E-state index in [1.54, 1.807) is 0 Å². The molecule has 1 aliphatic rings. The molecule has 4 nitrogen and oxygen atoms in total. The lowest BCUT2D eigenvalue weighted by Gasteiger charge is -2.25. The molecule has 0 saturated heterocycles. The highest BCUT2D eigenvalue weighted by Gasteiger charge is 2.42. The van der Waals surface area contributed by atoms with Crippen LogP contribution in [0.15, 0.2) is 0 Å². The predicted octanol–water partition coefficient (Wildman–Crippen LogP) is 1.69. The van der Waals surface area contributed by atoms with E-state index in [-0.39, 0.29) is 5.91 Å². The van der Waals surface area contributed by atoms with E-state index in [2.05, 4.69) is 11.2 Å². The molecule has 0 bridgehead atoms. The minimum absolute atomic E-state index is 0.175. The first kappa shape index (κ1) is 13.6. The molecule has 0 atom stereocenters. The van der Waals surface area contributed by atoms with Gasteiger partial charge >= 0.3 is 5.97 Å². The zero-order valence-electron chi connectivity index (χ0n) is 10.00. The Morgan fingerprint density at radius 1 is 1.29 bits per heavy atom. The zero-order valence-corrected chi connectivity index (χ0v) is 10.00. The summed E-state index contributed by atoms with van der Waals surface area (Å²) in [6.45, 7) is 0. The van der Waals surface area contributed by atoms with Gasteiger partial charge < -0.3 is 10.4 Å². The van der Waals surface area contributed by atoms with Crippen LogP contribution in [0.1, 0.15) is 51.4 Å². The monoisotopic (exact) mass is 237 g/mol. The Bertz CT molecular complexity index is 324. The molecule has 0 unspecified atom stereocenters. The number of carboxylic acid groups (broad SMARTS) is 1. The van der Waals surface area contributed by atoms with E-state index in [1.807, 2.05) is 0 Å². The van der Waals surface area contributed by atoms with Gasteiger partial charge in [0.05, 0.1) is 0 Å². The van der Waals surface area contributed by atoms with E-state index in [1.165, 1.54) is 0 Å². The molecule has 2 N–H and O–H groups in total. The third kappa shape index (κ3) is 3.77. The standard InChI is InChI=1S/C13H19NO3/c1-2-3-4-5-8-11(15)14-13(12(16)17)9-6-7-10-13/h1H,3-10H2,(H,14,15)(H,16,17). The van der Waals surface area contributed by atoms with Crippen molar-refractivity contribution in [2.24, 2.45) is 0 Å². The maximum absolute atomic E-state index is 11.6. The maximum atomic E-state index is 11.6. The van der Waals surface area contributed by atoms with Crippen molar-refractivity contribution in [2.75, 3.05) is 0 Å². The van der Waals surface area contributed by atoms with Gasteiger partial charge in [0.25, 0.3) is 0 Å². The number of carbonyl (C=O) groups is 2. The molecule has 94 valence electrons. The Labute approximate surface area is 102 Å². The van der Waals surface area contributed by atoms with E-state index < -0.39 is 11.5 Å². The van der Waals surface area contributed by atoms with Gasteiger partial charge in [-0.15, -0.1) is 12.3 Å². The highest BCUT2D eigenvalue weighted by molar-refractivity contribution is 5.87. The number of carboxylic acids is 1. The third-order valence-corrected chi connectivity index (χ3v) is 3.22. The Hall–Kier alpha value is -1.50. The maximum Gasteiger partial charge on any atom is 0.329 e. The first-order valence-corrected chi connectivity index (χ1v) is 6.08. The number of aliphatic carboxylic acids is 1. The SMILES string of the molecule is C#CCCCCC(=O)NC1(C(=O)O)CCCC1. The van der Waals surface area contributed by atoms with Gasteiger partial charge in [0.15, 0.2) is 0 Å². The molecule has 0 aromatic heterocycles. The number of rotatable bonds is 6. The molecule has 4 heteroatoms. The number of terminal acetylenes is 1. The fourth-order valence-corrected chi connectivity index (χ4v) is 2.21. The molecule has 1 rings (SSSR count). The van der Waals surface area contributed by atoms with E-state index in [9.17, 15) is 14.7 Å². The Morgan fingerprint density at radius 2 is 1.94 bits per heavy atom. The van der Waals surface area contributed by atoms with Crippen molar-refractivity contribution >= 4 is 11.9 Å². The van der Waals surface area contributed by atoms with Crippen LogP contribution in [-0.4, -0.2) is 22.5 Å². The average Bonchev–Trinajstić information content (AvgIpc) is 2.74. The average molecular weight is 237 g/mol. The summed E-state index contributed by atoms with van der Waals surface area (Å²) < 4.78 is 0. The molecule has 1 fully saturated rings. The molecule has 1 amide bonds. The van der Waals surface area contributed by atoms with E-state index in [0.717, 1.165) is 19.3 Å². The molecule has 0 spiro atoms. The van der Waals surface area contributed by atoms with Crippen molar-refractivity contribution < 1.29 is 14.7 Å². The van der Waals surface area contributed by atoms with Gasteiger partial charge in [-0.05, 0) is 25.7 Å². The summed E-state index contributed by atoms with van der Waals surface area (Å²) >= 11 is 0. The molecule has 0 heterocycles. The van der Waals surface area contributed by atoms with E-state index >= 15 is 0 Å². The van der Waals surface area contributed by atoms with Crippen LogP contribution in [0.5, 0.6) is 0 Å². The second-order valence-corrected chi connectivity index (χ2v) is 4.55. The van der Waals surface area contributed by atoms with Crippen molar-refractivity contribution in [3.05, 3.63) is 0 Å². The summed E-state index contributed by atoms with van der Waals surface area (Å²) in [5, 5.41) is 11.9. The van der Waals surface area contributed by atoms with Crippen LogP contribution in [0.2, 0.25) is 0 Å². The molecule has 0 radical (unpaired) electrons. The van der Waals surface area contributed by atoms with Crippen LogP contribution in [-0.2, 0) is 9.59 Å². The lowest BCUT2D eigenvalue weighted by atomic mass is 9.97. The number of hydrogen-bond donors (Lipinski definition) is 2. The predicted molar refractivity (Wildman–Crippen MR) is 64.3 cm³/mol. The zero-order chi connectivity index (χ0) is 12.7. The fraction of sp³-hybridized carbons (Fsp3) is 0.692. The van der Waals surface area contributed by atoms with Crippen molar-refractivity contribution in [1.82, 2.24) is 5.32 Å². The number of nitrogens with one attached hydrogen (secondary N) is 1. The van der Waals surface area contributed by atoms with Crippen LogP contribution in [0.25, 0.3) is 0 Å². The molecule has 0 aromatic rings. The first-order valence-electron chi connectivity index (χ1n) is 6.08. The van der Waals surface area contributed by atoms with Crippen LogP contribution in [0.4, 0.5) is 0 Å². The Balaban J connectivity index is 2.38. The fourth-order valence-electron chi connectivity index (χ4n) is 2.21. The third-order valence-electron chi connectivity index (χ3n) is 3.22. The van der Waals surface area contributed by atoms with Crippen molar-refractivity contribution in [3.8, 4) is 12.3 Å². The summed E-state index contributed by atoms with van der Waals surface area (Å²) in [6, 6.07) is 0. The largest absolute Gasteiger partial charge is 0.480 e. The smallest absolute Gasteiger partial charge is 0.329 e. The van der Waals surface area contributed by atoms with Gasteiger partial charge in [0.1, 0.15) is 5.54 Å². The Morgan fingerprint density at radius 3 is 2.47 bits per heavy atom. The molecule has 0 aliphatic heterocycles. The second kappa shape index (κ2) is 6.29. The summed E-state index contributed by atoms with van der Waals surface area (Å²) in [4.78, 5) is 22.8. The van der Waals surface area contributed by atoms with Gasteiger partial charge in [-0.2, -0.15) is 0 Å². The van der Waals surface area contributed by atoms with Crippen molar-refractivity contribution in [3.63, 3.8) is 0 Å². The molecule has 1 saturated carbocycles. The van der Waals surface area contributed by atoms with Crippen molar-refractivity contribution in [2.45, 2.75) is 56.9 Å². The molecule has 17 heavy (non-hydrogen) atoms. The number of hydrogen-bond acceptors (Lipinski definition) is 2. The summed E-state index contributed by atoms with van der Waals surface area (Å²) in [7, 11) is 0. The van der Waals surface area contributed by atoms with Crippen LogP contribution in [0.3, 0.4) is 0 Å². The quantitative estimate of drug-likeness (QED) is 0.545. The van der Waals surface area contributed by atoms with Crippen molar-refractivity contribution in [1.29, 1.82) is 0 Å². The van der Waals surface area contributed by atoms with Gasteiger partial charge in [-0.1, -0.05) is 12.8 Å². The molecular formula is C13H19NO3. The first-order chi connectivity index (χ1) is 8.10. The van der Waals surface area contributed by atoms with E-state index in [4.69, 9.17) is 6.42 Å². The summed E-state index contributed by atoms with van der Waals surface area (Å²) in [6.07, 6.45) is 10.5. The normalized spacial score (nSPS) is 17.4. The molecule has 1 aliphatic carbocycles. The van der Waals surface area contributed by atoms with Gasteiger partial charge in [0.2, 0.25) is 5.91 Å². The summed E-state index contributed by atoms with van der Waals surface area (Å²) in [5.74, 6) is 1.43. The minimum atomic E-state index is -1.01. The van der Waals surface area contributed by atoms with Gasteiger partial charge in [-0.3, -0.25) is 4.79 Å². The van der Waals surface area contributed by atoms with Gasteiger partial charge in [-0.25, -0.2) is 4.79 Å². The summed E-state index contributed by atoms with van der Waals surface area (Å²) in [5.41, 5.74) is -1.01. The number of carbonyl (C=O) groups excluding carboxylic acids is 1. The second-order valence-electron chi connectivity index (χ2n) is 4.55. The van der Waals surface area contributed by atoms with E-state index in [0.29, 0.717) is 32.1 Å². The lowest BCUT2D eigenvalue weighted by molar-refractivity contribution is -0.147. The molecular weight excluding hydrogens is 218 g/mol. The molecule has 0 aromatic carbocycles. The van der Waals surface area contributed by atoms with Crippen LogP contribution >= 0.6 is 0 Å². The highest BCUT2D eigenvalue weighted by Crippen LogP contribution is 2.30. The number of unbranched alkanes of at least 4 members (excludes halogenated alkanes) is 2. The highest BCUT2D eigenvalue weighted by atomic mass is 16.4. The minimum Gasteiger partial charge on any atom is -0.480 e. The Kier molecular flexibility index (Phi) is 5.02. The topological polar surface area (TPSA) is 66.4 Å². The number of amides is 1. The van der Waals surface area contributed by atoms with Gasteiger partial charge in [0, 0.05) is 12.8 Å². The van der Waals surface area contributed by atoms with Crippen LogP contribution < -0.4 is 5.32 Å². The van der Waals surface area contributed by atoms with Crippen LogP contribution in [0, 0.1) is 12.3 Å².